The van der Waals surface area contributed by atoms with Crippen molar-refractivity contribution >= 4 is 5.91 Å². The lowest BCUT2D eigenvalue weighted by Gasteiger charge is -2.06. The van der Waals surface area contributed by atoms with E-state index in [0.717, 1.165) is 17.5 Å². The Bertz CT molecular complexity index is 842. The number of carbonyl (C=O) groups excluding carboxylic acids is 1. The summed E-state index contributed by atoms with van der Waals surface area (Å²) in [6.07, 6.45) is 4.70. The molecule has 0 radical (unpaired) electrons. The van der Waals surface area contributed by atoms with Gasteiger partial charge in [0.1, 0.15) is 0 Å². The Morgan fingerprint density at radius 3 is 2.46 bits per heavy atom. The SMILES string of the molecule is CC(C)Cc1ccc(CC(=O)NCc2nc(-c3ccncc3)no2)cc1. The van der Waals surface area contributed by atoms with Gasteiger partial charge in [-0.25, -0.2) is 0 Å². The minimum Gasteiger partial charge on any atom is -0.347 e. The van der Waals surface area contributed by atoms with Crippen molar-refractivity contribution in [2.24, 2.45) is 5.92 Å². The Balaban J connectivity index is 1.50. The molecule has 1 aromatic carbocycles. The van der Waals surface area contributed by atoms with E-state index in [-0.39, 0.29) is 12.5 Å². The summed E-state index contributed by atoms with van der Waals surface area (Å²) in [5, 5.41) is 6.73. The number of benzene rings is 1. The third-order valence-corrected chi connectivity index (χ3v) is 3.87. The zero-order valence-electron chi connectivity index (χ0n) is 15.0. The number of hydrogen-bond acceptors (Lipinski definition) is 5. The Morgan fingerprint density at radius 1 is 1.08 bits per heavy atom. The van der Waals surface area contributed by atoms with E-state index < -0.39 is 0 Å². The lowest BCUT2D eigenvalue weighted by atomic mass is 10.0. The van der Waals surface area contributed by atoms with Gasteiger partial charge in [-0.3, -0.25) is 9.78 Å². The number of nitrogens with one attached hydrogen (secondary N) is 1. The maximum atomic E-state index is 12.1. The largest absolute Gasteiger partial charge is 0.347 e. The minimum absolute atomic E-state index is 0.0785. The highest BCUT2D eigenvalue weighted by molar-refractivity contribution is 5.78. The van der Waals surface area contributed by atoms with Gasteiger partial charge in [0.05, 0.1) is 13.0 Å². The molecule has 0 bridgehead atoms. The first-order valence-electron chi connectivity index (χ1n) is 8.67. The monoisotopic (exact) mass is 350 g/mol. The summed E-state index contributed by atoms with van der Waals surface area (Å²) in [4.78, 5) is 20.3. The molecule has 2 aromatic heterocycles. The average Bonchev–Trinajstić information content (AvgIpc) is 3.11. The molecule has 0 aliphatic rings. The summed E-state index contributed by atoms with van der Waals surface area (Å²) >= 11 is 0. The minimum atomic E-state index is -0.0785. The van der Waals surface area contributed by atoms with Crippen molar-refractivity contribution in [1.29, 1.82) is 0 Å². The van der Waals surface area contributed by atoms with E-state index in [1.54, 1.807) is 24.5 Å². The highest BCUT2D eigenvalue weighted by Crippen LogP contribution is 2.14. The van der Waals surface area contributed by atoms with Crippen LogP contribution in [0.15, 0.2) is 53.3 Å². The Hall–Kier alpha value is -3.02. The summed E-state index contributed by atoms with van der Waals surface area (Å²) in [7, 11) is 0. The first-order chi connectivity index (χ1) is 12.6. The van der Waals surface area contributed by atoms with Gasteiger partial charge in [0.15, 0.2) is 0 Å². The van der Waals surface area contributed by atoms with Gasteiger partial charge in [0.2, 0.25) is 17.6 Å². The maximum Gasteiger partial charge on any atom is 0.246 e. The standard InChI is InChI=1S/C20H22N4O2/c1-14(2)11-15-3-5-16(6-4-15)12-18(25)22-13-19-23-20(24-26-19)17-7-9-21-10-8-17/h3-10,14H,11-13H2,1-2H3,(H,22,25). The van der Waals surface area contributed by atoms with Gasteiger partial charge in [0.25, 0.3) is 0 Å². The molecule has 0 saturated heterocycles. The third-order valence-electron chi connectivity index (χ3n) is 3.87. The highest BCUT2D eigenvalue weighted by Gasteiger charge is 2.10. The van der Waals surface area contributed by atoms with Gasteiger partial charge in [-0.15, -0.1) is 0 Å². The lowest BCUT2D eigenvalue weighted by molar-refractivity contribution is -0.120. The smallest absolute Gasteiger partial charge is 0.246 e. The predicted molar refractivity (Wildman–Crippen MR) is 98.1 cm³/mol. The molecule has 6 heteroatoms. The van der Waals surface area contributed by atoms with Crippen LogP contribution >= 0.6 is 0 Å². The molecule has 0 aliphatic heterocycles. The quantitative estimate of drug-likeness (QED) is 0.708. The van der Waals surface area contributed by atoms with Crippen LogP contribution in [-0.2, 0) is 24.2 Å². The van der Waals surface area contributed by atoms with Crippen molar-refractivity contribution in [3.05, 3.63) is 65.8 Å². The number of nitrogens with zero attached hydrogens (tertiary/aromatic N) is 3. The van der Waals surface area contributed by atoms with Gasteiger partial charge in [-0.1, -0.05) is 43.3 Å². The first-order valence-corrected chi connectivity index (χ1v) is 8.67. The van der Waals surface area contributed by atoms with Crippen LogP contribution in [0.5, 0.6) is 0 Å². The molecule has 3 rings (SSSR count). The van der Waals surface area contributed by atoms with E-state index in [4.69, 9.17) is 4.52 Å². The van der Waals surface area contributed by atoms with Crippen LogP contribution in [0.25, 0.3) is 11.4 Å². The molecular formula is C20H22N4O2. The van der Waals surface area contributed by atoms with Gasteiger partial charge in [-0.2, -0.15) is 4.98 Å². The fourth-order valence-electron chi connectivity index (χ4n) is 2.63. The van der Waals surface area contributed by atoms with E-state index in [9.17, 15) is 4.79 Å². The summed E-state index contributed by atoms with van der Waals surface area (Å²) in [6, 6.07) is 11.8. The van der Waals surface area contributed by atoms with E-state index >= 15 is 0 Å². The lowest BCUT2D eigenvalue weighted by Crippen LogP contribution is -2.24. The van der Waals surface area contributed by atoms with Crippen LogP contribution in [0.4, 0.5) is 0 Å². The Morgan fingerprint density at radius 2 is 1.77 bits per heavy atom. The van der Waals surface area contributed by atoms with Crippen molar-refractivity contribution < 1.29 is 9.32 Å². The number of hydrogen-bond donors (Lipinski definition) is 1. The zero-order valence-corrected chi connectivity index (χ0v) is 15.0. The molecule has 6 nitrogen and oxygen atoms in total. The van der Waals surface area contributed by atoms with Gasteiger partial charge >= 0.3 is 0 Å². The molecule has 2 heterocycles. The second kappa shape index (κ2) is 8.38. The summed E-state index contributed by atoms with van der Waals surface area (Å²) in [5.41, 5.74) is 3.10. The zero-order chi connectivity index (χ0) is 18.4. The van der Waals surface area contributed by atoms with E-state index in [1.165, 1.54) is 5.56 Å². The molecule has 1 amide bonds. The molecule has 134 valence electrons. The summed E-state index contributed by atoms with van der Waals surface area (Å²) < 4.78 is 5.18. The molecule has 0 spiro atoms. The number of pyridine rings is 1. The van der Waals surface area contributed by atoms with Crippen molar-refractivity contribution in [2.75, 3.05) is 0 Å². The van der Waals surface area contributed by atoms with Gasteiger partial charge in [-0.05, 0) is 35.6 Å². The molecule has 0 aliphatic carbocycles. The molecular weight excluding hydrogens is 328 g/mol. The maximum absolute atomic E-state index is 12.1. The molecule has 0 fully saturated rings. The molecule has 3 aromatic rings. The van der Waals surface area contributed by atoms with Crippen LogP contribution in [0.3, 0.4) is 0 Å². The number of carbonyl (C=O) groups is 1. The second-order valence-electron chi connectivity index (χ2n) is 6.62. The van der Waals surface area contributed by atoms with Crippen molar-refractivity contribution in [1.82, 2.24) is 20.4 Å². The Labute approximate surface area is 152 Å². The summed E-state index contributed by atoms with van der Waals surface area (Å²) in [5.74, 6) is 1.40. The topological polar surface area (TPSA) is 80.9 Å². The van der Waals surface area contributed by atoms with E-state index in [2.05, 4.69) is 46.4 Å². The fourth-order valence-corrected chi connectivity index (χ4v) is 2.63. The van der Waals surface area contributed by atoms with Crippen LogP contribution in [0.2, 0.25) is 0 Å². The Kier molecular flexibility index (Phi) is 5.73. The van der Waals surface area contributed by atoms with Crippen molar-refractivity contribution in [2.45, 2.75) is 33.2 Å². The van der Waals surface area contributed by atoms with Crippen LogP contribution in [-0.4, -0.2) is 21.0 Å². The summed E-state index contributed by atoms with van der Waals surface area (Å²) in [6.45, 7) is 4.60. The number of amides is 1. The molecule has 0 atom stereocenters. The van der Waals surface area contributed by atoms with E-state index in [0.29, 0.717) is 24.1 Å². The third kappa shape index (κ3) is 4.99. The van der Waals surface area contributed by atoms with Crippen LogP contribution < -0.4 is 5.32 Å². The molecule has 0 unspecified atom stereocenters. The second-order valence-corrected chi connectivity index (χ2v) is 6.62. The van der Waals surface area contributed by atoms with Crippen LogP contribution in [0.1, 0.15) is 30.9 Å². The van der Waals surface area contributed by atoms with E-state index in [1.807, 2.05) is 12.1 Å². The van der Waals surface area contributed by atoms with Gasteiger partial charge < -0.3 is 9.84 Å². The first kappa shape index (κ1) is 17.8. The van der Waals surface area contributed by atoms with Crippen molar-refractivity contribution in [3.63, 3.8) is 0 Å². The number of rotatable bonds is 7. The molecule has 0 saturated carbocycles. The predicted octanol–water partition coefficient (Wildman–Crippen LogP) is 3.19. The molecule has 26 heavy (non-hydrogen) atoms. The highest BCUT2D eigenvalue weighted by atomic mass is 16.5. The van der Waals surface area contributed by atoms with Crippen LogP contribution in [0, 0.1) is 5.92 Å². The normalized spacial score (nSPS) is 10.9. The molecule has 1 N–H and O–H groups in total. The average molecular weight is 350 g/mol. The fraction of sp³-hybridized carbons (Fsp3) is 0.300. The van der Waals surface area contributed by atoms with Gasteiger partial charge in [0, 0.05) is 18.0 Å². The number of aromatic nitrogens is 3. The van der Waals surface area contributed by atoms with Crippen molar-refractivity contribution in [3.8, 4) is 11.4 Å².